The quantitative estimate of drug-likeness (QED) is 0.576. The summed E-state index contributed by atoms with van der Waals surface area (Å²) in [6.45, 7) is 2.19. The highest BCUT2D eigenvalue weighted by atomic mass is 15.1. The van der Waals surface area contributed by atoms with Gasteiger partial charge >= 0.3 is 0 Å². The fraction of sp³-hybridized carbons (Fsp3) is 0.364. The monoisotopic (exact) mass is 175 g/mol. The van der Waals surface area contributed by atoms with Crippen LogP contribution in [0.1, 0.15) is 19.8 Å². The van der Waals surface area contributed by atoms with Crippen LogP contribution in [0.5, 0.6) is 0 Å². The van der Waals surface area contributed by atoms with Crippen molar-refractivity contribution in [1.29, 1.82) is 0 Å². The van der Waals surface area contributed by atoms with Crippen LogP contribution in [0, 0.1) is 0 Å². The molecule has 68 valence electrons. The molecule has 0 N–H and O–H groups in total. The van der Waals surface area contributed by atoms with E-state index in [2.05, 4.69) is 46.9 Å². The Balaban J connectivity index is 2.32. The second-order valence-corrected chi connectivity index (χ2v) is 3.64. The van der Waals surface area contributed by atoms with Gasteiger partial charge in [-0.3, -0.25) is 0 Å². The summed E-state index contributed by atoms with van der Waals surface area (Å²) >= 11 is 0. The van der Waals surface area contributed by atoms with Crippen LogP contribution in [0.4, 0.5) is 0 Å². The van der Waals surface area contributed by atoms with Crippen molar-refractivity contribution in [2.45, 2.75) is 19.8 Å². The van der Waals surface area contributed by atoms with E-state index < -0.39 is 0 Å². The lowest BCUT2D eigenvalue weighted by atomic mass is 10.1. The lowest BCUT2D eigenvalue weighted by molar-refractivity contribution is -0.670. The molecule has 0 unspecified atom stereocenters. The van der Waals surface area contributed by atoms with E-state index in [0.29, 0.717) is 0 Å². The number of hydrogen-bond acceptors (Lipinski definition) is 0. The molecule has 0 aliphatic heterocycles. The Hall–Kier alpha value is -1.31. The SMILES string of the molecule is CC1=CC(n2cc[n+](C)c2)=CCC1. The van der Waals surface area contributed by atoms with Crippen molar-refractivity contribution < 1.29 is 4.57 Å². The summed E-state index contributed by atoms with van der Waals surface area (Å²) in [5.74, 6) is 0. The molecule has 2 rings (SSSR count). The Morgan fingerprint density at radius 3 is 2.92 bits per heavy atom. The van der Waals surface area contributed by atoms with E-state index in [0.717, 1.165) is 0 Å². The average Bonchev–Trinajstić information content (AvgIpc) is 2.52. The molecule has 0 radical (unpaired) electrons. The lowest BCUT2D eigenvalue weighted by Gasteiger charge is -2.06. The van der Waals surface area contributed by atoms with Crippen molar-refractivity contribution in [3.63, 3.8) is 0 Å². The van der Waals surface area contributed by atoms with Gasteiger partial charge in [0.25, 0.3) is 0 Å². The summed E-state index contributed by atoms with van der Waals surface area (Å²) in [6.07, 6.45) is 13.1. The maximum absolute atomic E-state index is 2.28. The topological polar surface area (TPSA) is 8.81 Å². The average molecular weight is 175 g/mol. The summed E-state index contributed by atoms with van der Waals surface area (Å²) in [5.41, 5.74) is 2.76. The first-order valence-electron chi connectivity index (χ1n) is 4.66. The fourth-order valence-corrected chi connectivity index (χ4v) is 1.61. The third-order valence-electron chi connectivity index (χ3n) is 2.35. The van der Waals surface area contributed by atoms with Crippen LogP contribution < -0.4 is 4.57 Å². The van der Waals surface area contributed by atoms with Crippen molar-refractivity contribution >= 4 is 5.70 Å². The predicted molar refractivity (Wildman–Crippen MR) is 52.9 cm³/mol. The van der Waals surface area contributed by atoms with Crippen molar-refractivity contribution in [3.8, 4) is 0 Å². The van der Waals surface area contributed by atoms with Crippen molar-refractivity contribution in [2.75, 3.05) is 0 Å². The van der Waals surface area contributed by atoms with Gasteiger partial charge in [0.2, 0.25) is 6.33 Å². The Morgan fingerprint density at radius 1 is 1.46 bits per heavy atom. The normalized spacial score (nSPS) is 16.8. The highest BCUT2D eigenvalue weighted by molar-refractivity contribution is 5.59. The van der Waals surface area contributed by atoms with E-state index >= 15 is 0 Å². The minimum atomic E-state index is 1.17. The molecule has 1 aliphatic carbocycles. The molecule has 0 aromatic carbocycles. The van der Waals surface area contributed by atoms with Crippen molar-refractivity contribution in [3.05, 3.63) is 36.4 Å². The van der Waals surface area contributed by atoms with Gasteiger partial charge in [0.15, 0.2) is 0 Å². The zero-order valence-corrected chi connectivity index (χ0v) is 8.20. The second-order valence-electron chi connectivity index (χ2n) is 3.64. The van der Waals surface area contributed by atoms with E-state index in [4.69, 9.17) is 0 Å². The molecule has 1 aliphatic rings. The smallest absolute Gasteiger partial charge is 0.239 e. The number of rotatable bonds is 1. The van der Waals surface area contributed by atoms with E-state index in [1.807, 2.05) is 7.05 Å². The summed E-state index contributed by atoms with van der Waals surface area (Å²) in [6, 6.07) is 0. The second kappa shape index (κ2) is 3.21. The molecular formula is C11H15N2+. The Morgan fingerprint density at radius 2 is 2.31 bits per heavy atom. The van der Waals surface area contributed by atoms with Gasteiger partial charge in [-0.25, -0.2) is 9.13 Å². The summed E-state index contributed by atoms with van der Waals surface area (Å²) in [5, 5.41) is 0. The molecule has 1 aromatic rings. The first-order chi connectivity index (χ1) is 6.25. The number of aryl methyl sites for hydroxylation is 1. The van der Waals surface area contributed by atoms with Crippen LogP contribution in [-0.2, 0) is 7.05 Å². The van der Waals surface area contributed by atoms with Gasteiger partial charge in [-0.1, -0.05) is 5.57 Å². The number of imidazole rings is 1. The molecule has 1 aromatic heterocycles. The Kier molecular flexibility index (Phi) is 2.05. The molecule has 0 atom stereocenters. The van der Waals surface area contributed by atoms with Crippen LogP contribution >= 0.6 is 0 Å². The Bertz CT molecular complexity index is 369. The molecule has 1 heterocycles. The molecular weight excluding hydrogens is 160 g/mol. The summed E-state index contributed by atoms with van der Waals surface area (Å²) < 4.78 is 4.21. The zero-order chi connectivity index (χ0) is 9.26. The van der Waals surface area contributed by atoms with Gasteiger partial charge in [0.05, 0.1) is 7.05 Å². The van der Waals surface area contributed by atoms with E-state index in [1.165, 1.54) is 24.1 Å². The minimum absolute atomic E-state index is 1.17. The Labute approximate surface area is 78.8 Å². The first-order valence-corrected chi connectivity index (χ1v) is 4.66. The van der Waals surface area contributed by atoms with Gasteiger partial charge in [-0.15, -0.1) is 0 Å². The molecule has 0 saturated carbocycles. The number of hydrogen-bond donors (Lipinski definition) is 0. The highest BCUT2D eigenvalue weighted by Crippen LogP contribution is 2.19. The molecule has 2 nitrogen and oxygen atoms in total. The molecule has 0 amide bonds. The maximum Gasteiger partial charge on any atom is 0.248 e. The highest BCUT2D eigenvalue weighted by Gasteiger charge is 2.08. The number of aromatic nitrogens is 2. The zero-order valence-electron chi connectivity index (χ0n) is 8.20. The van der Waals surface area contributed by atoms with E-state index in [1.54, 1.807) is 0 Å². The third-order valence-corrected chi connectivity index (χ3v) is 2.35. The van der Waals surface area contributed by atoms with Crippen molar-refractivity contribution in [2.24, 2.45) is 7.05 Å². The molecule has 0 spiro atoms. The standard InChI is InChI=1S/C11H15N2/c1-10-4-3-5-11(8-10)13-7-6-12(2)9-13/h5-9H,3-4H2,1-2H3/q+1. The summed E-state index contributed by atoms with van der Waals surface area (Å²) in [4.78, 5) is 0. The van der Waals surface area contributed by atoms with Gasteiger partial charge in [0, 0.05) is 0 Å². The van der Waals surface area contributed by atoms with E-state index in [9.17, 15) is 0 Å². The van der Waals surface area contributed by atoms with Gasteiger partial charge in [0.1, 0.15) is 18.1 Å². The van der Waals surface area contributed by atoms with Gasteiger partial charge in [-0.05, 0) is 31.9 Å². The predicted octanol–water partition coefficient (Wildman–Crippen LogP) is 1.89. The molecule has 13 heavy (non-hydrogen) atoms. The van der Waals surface area contributed by atoms with Crippen molar-refractivity contribution in [1.82, 2.24) is 4.57 Å². The lowest BCUT2D eigenvalue weighted by Crippen LogP contribution is -2.23. The first kappa shape index (κ1) is 8.30. The van der Waals surface area contributed by atoms with E-state index in [-0.39, 0.29) is 0 Å². The largest absolute Gasteiger partial charge is 0.248 e. The molecule has 0 bridgehead atoms. The third kappa shape index (κ3) is 1.72. The van der Waals surface area contributed by atoms with Crippen LogP contribution in [-0.4, -0.2) is 4.57 Å². The maximum atomic E-state index is 2.28. The molecule has 0 fully saturated rings. The minimum Gasteiger partial charge on any atom is -0.239 e. The number of nitrogens with zero attached hydrogens (tertiary/aromatic N) is 2. The van der Waals surface area contributed by atoms with Crippen LogP contribution in [0.3, 0.4) is 0 Å². The molecule has 0 saturated heterocycles. The number of allylic oxidation sites excluding steroid dienone is 4. The molecule has 2 heteroatoms. The van der Waals surface area contributed by atoms with Gasteiger partial charge < -0.3 is 0 Å². The van der Waals surface area contributed by atoms with Crippen LogP contribution in [0.15, 0.2) is 36.4 Å². The van der Waals surface area contributed by atoms with Crippen LogP contribution in [0.2, 0.25) is 0 Å². The fourth-order valence-electron chi connectivity index (χ4n) is 1.61. The van der Waals surface area contributed by atoms with Gasteiger partial charge in [-0.2, -0.15) is 0 Å². The van der Waals surface area contributed by atoms with Crippen LogP contribution in [0.25, 0.3) is 5.70 Å². The summed E-state index contributed by atoms with van der Waals surface area (Å²) in [7, 11) is 2.04.